The van der Waals surface area contributed by atoms with Gasteiger partial charge in [0.25, 0.3) is 5.91 Å². The Labute approximate surface area is 181 Å². The van der Waals surface area contributed by atoms with E-state index in [1.807, 2.05) is 48.5 Å². The van der Waals surface area contributed by atoms with Gasteiger partial charge < -0.3 is 9.47 Å². The van der Waals surface area contributed by atoms with Crippen molar-refractivity contribution in [3.63, 3.8) is 0 Å². The molecule has 8 heteroatoms. The highest BCUT2D eigenvalue weighted by molar-refractivity contribution is 7.22. The molecular weight excluding hydrogens is 422 g/mol. The Kier molecular flexibility index (Phi) is 4.98. The van der Waals surface area contributed by atoms with E-state index in [1.54, 1.807) is 23.2 Å². The topological polar surface area (TPSA) is 64.6 Å². The second-order valence-electron chi connectivity index (χ2n) is 6.69. The SMILES string of the molecule is O=C(C1COc2ccccc2O1)N(Cc1ccccn1)c1nc2c(Cl)cccc2s1. The van der Waals surface area contributed by atoms with Gasteiger partial charge >= 0.3 is 0 Å². The molecule has 2 aromatic heterocycles. The Morgan fingerprint density at radius 3 is 2.73 bits per heavy atom. The third kappa shape index (κ3) is 3.58. The molecule has 2 aromatic carbocycles. The zero-order valence-corrected chi connectivity index (χ0v) is 17.3. The van der Waals surface area contributed by atoms with Crippen molar-refractivity contribution in [3.8, 4) is 11.5 Å². The van der Waals surface area contributed by atoms with Gasteiger partial charge in [-0.3, -0.25) is 14.7 Å². The monoisotopic (exact) mass is 437 g/mol. The molecule has 6 nitrogen and oxygen atoms in total. The molecule has 0 saturated carbocycles. The van der Waals surface area contributed by atoms with Crippen molar-refractivity contribution in [1.29, 1.82) is 0 Å². The number of halogens is 1. The van der Waals surface area contributed by atoms with Gasteiger partial charge in [0.15, 0.2) is 16.6 Å². The van der Waals surface area contributed by atoms with Crippen LogP contribution in [-0.2, 0) is 11.3 Å². The predicted molar refractivity (Wildman–Crippen MR) is 116 cm³/mol. The molecule has 30 heavy (non-hydrogen) atoms. The summed E-state index contributed by atoms with van der Waals surface area (Å²) in [5, 5.41) is 1.09. The van der Waals surface area contributed by atoms with Crippen LogP contribution in [0.3, 0.4) is 0 Å². The van der Waals surface area contributed by atoms with E-state index in [4.69, 9.17) is 21.1 Å². The average molecular weight is 438 g/mol. The van der Waals surface area contributed by atoms with E-state index in [0.717, 1.165) is 10.4 Å². The molecule has 5 rings (SSSR count). The minimum atomic E-state index is -0.786. The van der Waals surface area contributed by atoms with Gasteiger partial charge in [-0.2, -0.15) is 0 Å². The maximum atomic E-state index is 13.5. The summed E-state index contributed by atoms with van der Waals surface area (Å²) in [5.74, 6) is 0.933. The molecule has 0 saturated heterocycles. The van der Waals surface area contributed by atoms with Crippen LogP contribution in [0, 0.1) is 0 Å². The summed E-state index contributed by atoms with van der Waals surface area (Å²) in [5.41, 5.74) is 1.41. The zero-order valence-electron chi connectivity index (χ0n) is 15.7. The molecule has 1 amide bonds. The summed E-state index contributed by atoms with van der Waals surface area (Å²) in [6, 6.07) is 18.5. The largest absolute Gasteiger partial charge is 0.485 e. The minimum absolute atomic E-state index is 0.125. The lowest BCUT2D eigenvalue weighted by Gasteiger charge is -2.29. The first-order valence-corrected chi connectivity index (χ1v) is 10.5. The van der Waals surface area contributed by atoms with Crippen LogP contribution >= 0.6 is 22.9 Å². The van der Waals surface area contributed by atoms with E-state index in [-0.39, 0.29) is 19.1 Å². The maximum Gasteiger partial charge on any atom is 0.273 e. The Morgan fingerprint density at radius 2 is 1.93 bits per heavy atom. The van der Waals surface area contributed by atoms with Crippen molar-refractivity contribution in [2.45, 2.75) is 12.6 Å². The van der Waals surface area contributed by atoms with Crippen LogP contribution in [0.25, 0.3) is 10.2 Å². The lowest BCUT2D eigenvalue weighted by atomic mass is 10.2. The van der Waals surface area contributed by atoms with Gasteiger partial charge in [-0.25, -0.2) is 4.98 Å². The number of ether oxygens (including phenoxy) is 2. The molecule has 1 unspecified atom stereocenters. The highest BCUT2D eigenvalue weighted by Gasteiger charge is 2.33. The number of carbonyl (C=O) groups excluding carboxylic acids is 1. The normalized spacial score (nSPS) is 15.2. The Bertz CT molecular complexity index is 1210. The second-order valence-corrected chi connectivity index (χ2v) is 8.11. The number of carbonyl (C=O) groups is 1. The summed E-state index contributed by atoms with van der Waals surface area (Å²) >= 11 is 7.71. The standard InChI is InChI=1S/C22H16ClN3O3S/c23-15-7-5-10-19-20(15)25-22(30-19)26(12-14-6-3-4-11-24-14)21(27)18-13-28-16-8-1-2-9-17(16)29-18/h1-11,18H,12-13H2. The fourth-order valence-corrected chi connectivity index (χ4v) is 4.50. The quantitative estimate of drug-likeness (QED) is 0.462. The number of thiazole rings is 1. The van der Waals surface area contributed by atoms with Crippen molar-refractivity contribution < 1.29 is 14.3 Å². The minimum Gasteiger partial charge on any atom is -0.485 e. The van der Waals surface area contributed by atoms with Crippen LogP contribution in [0.2, 0.25) is 5.02 Å². The Morgan fingerprint density at radius 1 is 1.10 bits per heavy atom. The molecule has 1 aliphatic heterocycles. The van der Waals surface area contributed by atoms with Gasteiger partial charge in [0.1, 0.15) is 12.1 Å². The molecule has 0 N–H and O–H groups in total. The Hall–Kier alpha value is -3.16. The summed E-state index contributed by atoms with van der Waals surface area (Å²) in [6.45, 7) is 0.388. The number of hydrogen-bond donors (Lipinski definition) is 0. The number of pyridine rings is 1. The second kappa shape index (κ2) is 7.93. The molecule has 0 bridgehead atoms. The molecule has 0 fully saturated rings. The predicted octanol–water partition coefficient (Wildman–Crippen LogP) is 4.72. The third-order valence-electron chi connectivity index (χ3n) is 4.69. The van der Waals surface area contributed by atoms with Crippen molar-refractivity contribution in [2.24, 2.45) is 0 Å². The Balaban J connectivity index is 1.50. The van der Waals surface area contributed by atoms with Crippen LogP contribution in [-0.4, -0.2) is 28.6 Å². The van der Waals surface area contributed by atoms with E-state index in [9.17, 15) is 4.79 Å². The first-order chi connectivity index (χ1) is 14.7. The van der Waals surface area contributed by atoms with E-state index in [2.05, 4.69) is 9.97 Å². The summed E-state index contributed by atoms with van der Waals surface area (Å²) in [6.07, 6.45) is 0.912. The van der Waals surface area contributed by atoms with Gasteiger partial charge in [-0.1, -0.05) is 47.2 Å². The smallest absolute Gasteiger partial charge is 0.273 e. The molecule has 1 aliphatic rings. The number of benzene rings is 2. The van der Waals surface area contributed by atoms with Crippen LogP contribution in [0.5, 0.6) is 11.5 Å². The lowest BCUT2D eigenvalue weighted by Crippen LogP contribution is -2.46. The number of nitrogens with zero attached hydrogens (tertiary/aromatic N) is 3. The molecule has 1 atom stereocenters. The van der Waals surface area contributed by atoms with Crippen LogP contribution in [0.15, 0.2) is 66.9 Å². The van der Waals surface area contributed by atoms with Gasteiger partial charge in [-0.15, -0.1) is 0 Å². The molecule has 0 aliphatic carbocycles. The highest BCUT2D eigenvalue weighted by Crippen LogP contribution is 2.35. The highest BCUT2D eigenvalue weighted by atomic mass is 35.5. The van der Waals surface area contributed by atoms with Crippen molar-refractivity contribution in [2.75, 3.05) is 11.5 Å². The van der Waals surface area contributed by atoms with Crippen LogP contribution in [0.4, 0.5) is 5.13 Å². The molecule has 0 radical (unpaired) electrons. The van der Waals surface area contributed by atoms with Crippen molar-refractivity contribution >= 4 is 44.2 Å². The van der Waals surface area contributed by atoms with E-state index in [1.165, 1.54) is 11.3 Å². The fourth-order valence-electron chi connectivity index (χ4n) is 3.23. The number of fused-ring (bicyclic) bond motifs is 2. The maximum absolute atomic E-state index is 13.5. The van der Waals surface area contributed by atoms with Crippen LogP contribution < -0.4 is 14.4 Å². The lowest BCUT2D eigenvalue weighted by molar-refractivity contribution is -0.127. The molecule has 0 spiro atoms. The molecule has 3 heterocycles. The third-order valence-corrected chi connectivity index (χ3v) is 6.03. The number of aromatic nitrogens is 2. The number of rotatable bonds is 4. The van der Waals surface area contributed by atoms with Crippen molar-refractivity contribution in [3.05, 3.63) is 77.6 Å². The van der Waals surface area contributed by atoms with Gasteiger partial charge in [-0.05, 0) is 36.4 Å². The van der Waals surface area contributed by atoms with Gasteiger partial charge in [0.2, 0.25) is 6.10 Å². The van der Waals surface area contributed by atoms with Crippen LogP contribution in [0.1, 0.15) is 5.69 Å². The number of anilines is 1. The zero-order chi connectivity index (χ0) is 20.5. The van der Waals surface area contributed by atoms with Crippen molar-refractivity contribution in [1.82, 2.24) is 9.97 Å². The molecule has 4 aromatic rings. The van der Waals surface area contributed by atoms with Gasteiger partial charge in [0, 0.05) is 6.20 Å². The van der Waals surface area contributed by atoms with Gasteiger partial charge in [0.05, 0.1) is 22.0 Å². The summed E-state index contributed by atoms with van der Waals surface area (Å²) in [7, 11) is 0. The average Bonchev–Trinajstić information content (AvgIpc) is 3.23. The number of hydrogen-bond acceptors (Lipinski definition) is 6. The summed E-state index contributed by atoms with van der Waals surface area (Å²) in [4.78, 5) is 24.1. The van der Waals surface area contributed by atoms with E-state index < -0.39 is 6.10 Å². The van der Waals surface area contributed by atoms with E-state index in [0.29, 0.717) is 27.2 Å². The molecular formula is C22H16ClN3O3S. The number of amides is 1. The number of para-hydroxylation sites is 3. The first kappa shape index (κ1) is 18.8. The fraction of sp³-hybridized carbons (Fsp3) is 0.136. The first-order valence-electron chi connectivity index (χ1n) is 9.34. The summed E-state index contributed by atoms with van der Waals surface area (Å²) < 4.78 is 12.6. The van der Waals surface area contributed by atoms with E-state index >= 15 is 0 Å². The molecule has 150 valence electrons.